The molecule has 7 heteroatoms. The average molecular weight is 342 g/mol. The largest absolute Gasteiger partial charge is 0.499 e. The van der Waals surface area contributed by atoms with E-state index in [4.69, 9.17) is 19.8 Å². The highest BCUT2D eigenvalue weighted by atomic mass is 79.9. The van der Waals surface area contributed by atoms with E-state index in [-0.39, 0.29) is 12.7 Å². The Balaban J connectivity index is 2.05. The summed E-state index contributed by atoms with van der Waals surface area (Å²) in [6, 6.07) is 3.85. The molecule has 2 heterocycles. The van der Waals surface area contributed by atoms with E-state index in [2.05, 4.69) is 15.9 Å². The van der Waals surface area contributed by atoms with Gasteiger partial charge in [0.15, 0.2) is 0 Å². The van der Waals surface area contributed by atoms with Crippen LogP contribution >= 0.6 is 15.9 Å². The Kier molecular flexibility index (Phi) is 3.81. The van der Waals surface area contributed by atoms with Gasteiger partial charge in [0.05, 0.1) is 12.7 Å². The minimum absolute atomic E-state index is 0.112. The third kappa shape index (κ3) is 2.27. The van der Waals surface area contributed by atoms with Gasteiger partial charge in [0, 0.05) is 9.94 Å². The lowest BCUT2D eigenvalue weighted by molar-refractivity contribution is -0.0273. The molecule has 0 aromatic heterocycles. The SMILES string of the molecule is C[C@]1(CO)COc2ccc(Br)c3c2B(O[C@@H]3CCN)O1. The Morgan fingerprint density at radius 2 is 2.35 bits per heavy atom. The van der Waals surface area contributed by atoms with E-state index >= 15 is 0 Å². The van der Waals surface area contributed by atoms with E-state index in [9.17, 15) is 5.11 Å². The lowest BCUT2D eigenvalue weighted by atomic mass is 9.77. The lowest BCUT2D eigenvalue weighted by Crippen LogP contribution is -2.45. The fourth-order valence-corrected chi connectivity index (χ4v) is 3.23. The highest BCUT2D eigenvalue weighted by Crippen LogP contribution is 2.38. The Labute approximate surface area is 126 Å². The van der Waals surface area contributed by atoms with Gasteiger partial charge in [-0.1, -0.05) is 15.9 Å². The maximum Gasteiger partial charge on any atom is 0.499 e. The van der Waals surface area contributed by atoms with Crippen LogP contribution < -0.4 is 15.9 Å². The number of aliphatic hydroxyl groups is 1. The van der Waals surface area contributed by atoms with Crippen molar-refractivity contribution in [3.05, 3.63) is 22.2 Å². The van der Waals surface area contributed by atoms with Crippen LogP contribution in [0, 0.1) is 0 Å². The molecule has 108 valence electrons. The molecule has 0 saturated carbocycles. The Bertz CT molecular complexity index is 529. The monoisotopic (exact) mass is 341 g/mol. The molecule has 1 aromatic carbocycles. The number of aliphatic hydroxyl groups excluding tert-OH is 1. The van der Waals surface area contributed by atoms with Gasteiger partial charge in [-0.2, -0.15) is 0 Å². The quantitative estimate of drug-likeness (QED) is 0.793. The molecule has 2 aliphatic rings. The average Bonchev–Trinajstić information content (AvgIpc) is 2.71. The predicted octanol–water partition coefficient (Wildman–Crippen LogP) is 0.724. The van der Waals surface area contributed by atoms with E-state index in [0.29, 0.717) is 19.6 Å². The van der Waals surface area contributed by atoms with Crippen molar-refractivity contribution in [2.45, 2.75) is 25.0 Å². The van der Waals surface area contributed by atoms with E-state index in [0.717, 1.165) is 21.2 Å². The van der Waals surface area contributed by atoms with Gasteiger partial charge in [-0.15, -0.1) is 0 Å². The van der Waals surface area contributed by atoms with Gasteiger partial charge in [-0.25, -0.2) is 0 Å². The fourth-order valence-electron chi connectivity index (χ4n) is 2.63. The number of rotatable bonds is 3. The summed E-state index contributed by atoms with van der Waals surface area (Å²) in [5, 5.41) is 9.52. The summed E-state index contributed by atoms with van der Waals surface area (Å²) in [7, 11) is -0.520. The van der Waals surface area contributed by atoms with E-state index < -0.39 is 12.7 Å². The number of halogens is 1. The van der Waals surface area contributed by atoms with E-state index in [1.807, 2.05) is 19.1 Å². The van der Waals surface area contributed by atoms with Gasteiger partial charge in [-0.05, 0) is 37.6 Å². The second-order valence-corrected chi connectivity index (χ2v) is 6.28. The molecule has 0 spiro atoms. The molecular formula is C13H17BBrNO4. The summed E-state index contributed by atoms with van der Waals surface area (Å²) in [4.78, 5) is 0. The third-order valence-corrected chi connectivity index (χ3v) is 4.42. The molecular weight excluding hydrogens is 325 g/mol. The second kappa shape index (κ2) is 5.31. The normalized spacial score (nSPS) is 28.0. The standard InChI is InChI=1S/C13H17BBrNO4/c1-13(6-17)7-18-10-3-2-8(15)11-9(4-5-16)19-14(20-13)12(10)11/h2-3,9,17H,4-7,16H2,1H3/t9-,13+/m1/s1. The van der Waals surface area contributed by atoms with Crippen LogP contribution in [0.4, 0.5) is 0 Å². The van der Waals surface area contributed by atoms with E-state index in [1.165, 1.54) is 0 Å². The highest BCUT2D eigenvalue weighted by Gasteiger charge is 2.47. The first-order chi connectivity index (χ1) is 9.58. The smallest absolute Gasteiger partial charge is 0.491 e. The van der Waals surface area contributed by atoms with Gasteiger partial charge in [0.2, 0.25) is 0 Å². The number of hydrogen-bond acceptors (Lipinski definition) is 5. The van der Waals surface area contributed by atoms with Crippen LogP contribution in [-0.4, -0.2) is 37.6 Å². The summed E-state index contributed by atoms with van der Waals surface area (Å²) < 4.78 is 18.7. The molecule has 2 atom stereocenters. The molecule has 0 radical (unpaired) electrons. The molecule has 0 amide bonds. The van der Waals surface area contributed by atoms with Crippen LogP contribution in [0.25, 0.3) is 0 Å². The molecule has 0 bridgehead atoms. The van der Waals surface area contributed by atoms with Crippen LogP contribution in [0.15, 0.2) is 16.6 Å². The van der Waals surface area contributed by atoms with Gasteiger partial charge in [0.1, 0.15) is 18.0 Å². The maximum atomic E-state index is 9.52. The first-order valence-corrected chi connectivity index (χ1v) is 7.46. The third-order valence-electron chi connectivity index (χ3n) is 3.73. The number of benzene rings is 1. The maximum absolute atomic E-state index is 9.52. The van der Waals surface area contributed by atoms with Crippen LogP contribution in [0.3, 0.4) is 0 Å². The fraction of sp³-hybridized carbons (Fsp3) is 0.538. The zero-order chi connectivity index (χ0) is 14.3. The zero-order valence-corrected chi connectivity index (χ0v) is 12.9. The minimum Gasteiger partial charge on any atom is -0.491 e. The van der Waals surface area contributed by atoms with Crippen molar-refractivity contribution < 1.29 is 19.2 Å². The van der Waals surface area contributed by atoms with Crippen molar-refractivity contribution in [1.82, 2.24) is 0 Å². The van der Waals surface area contributed by atoms with Crippen LogP contribution in [0.2, 0.25) is 0 Å². The van der Waals surface area contributed by atoms with Gasteiger partial charge in [-0.3, -0.25) is 0 Å². The van der Waals surface area contributed by atoms with Crippen molar-refractivity contribution in [1.29, 1.82) is 0 Å². The Hall–Kier alpha value is -0.595. The molecule has 3 N–H and O–H groups in total. The molecule has 0 fully saturated rings. The topological polar surface area (TPSA) is 73.9 Å². The summed E-state index contributed by atoms with van der Waals surface area (Å²) in [5.74, 6) is 0.755. The molecule has 1 aromatic rings. The molecule has 3 rings (SSSR count). The first kappa shape index (κ1) is 14.3. The minimum atomic E-state index is -0.773. The van der Waals surface area contributed by atoms with Crippen LogP contribution in [0.5, 0.6) is 5.75 Å². The van der Waals surface area contributed by atoms with Crippen LogP contribution in [-0.2, 0) is 9.31 Å². The van der Waals surface area contributed by atoms with Gasteiger partial charge < -0.3 is 24.9 Å². The molecule has 0 aliphatic carbocycles. The molecule has 5 nitrogen and oxygen atoms in total. The van der Waals surface area contributed by atoms with E-state index in [1.54, 1.807) is 0 Å². The van der Waals surface area contributed by atoms with Crippen LogP contribution in [0.1, 0.15) is 25.0 Å². The van der Waals surface area contributed by atoms with Gasteiger partial charge in [0.25, 0.3) is 0 Å². The predicted molar refractivity (Wildman–Crippen MR) is 79.1 cm³/mol. The lowest BCUT2D eigenvalue weighted by Gasteiger charge is -2.27. The molecule has 0 unspecified atom stereocenters. The summed E-state index contributed by atoms with van der Waals surface area (Å²) in [5.41, 5.74) is 6.84. The summed E-state index contributed by atoms with van der Waals surface area (Å²) in [6.07, 6.45) is 0.601. The zero-order valence-electron chi connectivity index (χ0n) is 11.3. The van der Waals surface area contributed by atoms with Crippen molar-refractivity contribution in [3.63, 3.8) is 0 Å². The Morgan fingerprint density at radius 3 is 3.05 bits per heavy atom. The molecule has 0 saturated heterocycles. The van der Waals surface area contributed by atoms with Crippen molar-refractivity contribution in [3.8, 4) is 5.75 Å². The molecule has 20 heavy (non-hydrogen) atoms. The Morgan fingerprint density at radius 1 is 1.55 bits per heavy atom. The summed E-state index contributed by atoms with van der Waals surface area (Å²) in [6.45, 7) is 2.51. The molecule has 2 aliphatic heterocycles. The van der Waals surface area contributed by atoms with Gasteiger partial charge >= 0.3 is 7.12 Å². The first-order valence-electron chi connectivity index (χ1n) is 6.67. The second-order valence-electron chi connectivity index (χ2n) is 5.42. The number of ether oxygens (including phenoxy) is 1. The van der Waals surface area contributed by atoms with Crippen molar-refractivity contribution in [2.24, 2.45) is 5.73 Å². The summed E-state index contributed by atoms with van der Waals surface area (Å²) >= 11 is 3.56. The highest BCUT2D eigenvalue weighted by molar-refractivity contribution is 9.10. The van der Waals surface area contributed by atoms with Crippen molar-refractivity contribution >= 4 is 28.5 Å². The number of nitrogens with two attached hydrogens (primary N) is 1. The van der Waals surface area contributed by atoms with Crippen molar-refractivity contribution in [2.75, 3.05) is 19.8 Å². The number of hydrogen-bond donors (Lipinski definition) is 2.